The lowest BCUT2D eigenvalue weighted by atomic mass is 10.0. The van der Waals surface area contributed by atoms with Crippen molar-refractivity contribution < 1.29 is 4.79 Å². The van der Waals surface area contributed by atoms with Crippen molar-refractivity contribution >= 4 is 11.6 Å². The van der Waals surface area contributed by atoms with Crippen LogP contribution < -0.4 is 5.32 Å². The van der Waals surface area contributed by atoms with E-state index in [0.29, 0.717) is 11.7 Å². The van der Waals surface area contributed by atoms with Crippen LogP contribution in [-0.2, 0) is 4.79 Å². The number of nitrogens with one attached hydrogen (secondary N) is 1. The molecule has 0 aliphatic rings. The Morgan fingerprint density at radius 2 is 1.96 bits per heavy atom. The Morgan fingerprint density at radius 1 is 1.20 bits per heavy atom. The molecule has 0 radical (unpaired) electrons. The van der Waals surface area contributed by atoms with E-state index in [9.17, 15) is 4.79 Å². The lowest BCUT2D eigenvalue weighted by Crippen LogP contribution is -2.26. The largest absolute Gasteiger partial charge is 0.342 e. The van der Waals surface area contributed by atoms with Crippen LogP contribution in [0.25, 0.3) is 5.69 Å². The van der Waals surface area contributed by atoms with Crippen LogP contribution in [0, 0.1) is 12.8 Å². The van der Waals surface area contributed by atoms with Crippen molar-refractivity contribution in [2.75, 3.05) is 5.32 Å². The number of tetrazole rings is 1. The van der Waals surface area contributed by atoms with Gasteiger partial charge in [0.25, 0.3) is 0 Å². The van der Waals surface area contributed by atoms with E-state index in [0.717, 1.165) is 17.8 Å². The van der Waals surface area contributed by atoms with Gasteiger partial charge in [0, 0.05) is 18.1 Å². The maximum atomic E-state index is 12.8. The number of aromatic nitrogens is 5. The number of nitrogens with zero attached hydrogens (tertiary/aromatic N) is 5. The highest BCUT2D eigenvalue weighted by Crippen LogP contribution is 2.21. The molecule has 130 valence electrons. The summed E-state index contributed by atoms with van der Waals surface area (Å²) in [5.74, 6) is 1.07. The van der Waals surface area contributed by atoms with Crippen LogP contribution in [-0.4, -0.2) is 30.7 Å². The molecule has 3 aromatic rings. The minimum absolute atomic E-state index is 0.0320. The number of rotatable bonds is 6. The number of aryl methyl sites for hydroxylation is 1. The maximum Gasteiger partial charge on any atom is 0.247 e. The smallest absolute Gasteiger partial charge is 0.247 e. The molecular formula is C18H22N6O. The first kappa shape index (κ1) is 16.9. The average Bonchev–Trinajstić information content (AvgIpc) is 3.24. The van der Waals surface area contributed by atoms with E-state index in [1.54, 1.807) is 4.68 Å². The van der Waals surface area contributed by atoms with Gasteiger partial charge >= 0.3 is 0 Å². The first-order chi connectivity index (χ1) is 12.0. The van der Waals surface area contributed by atoms with Crippen LogP contribution in [0.2, 0.25) is 0 Å². The van der Waals surface area contributed by atoms with E-state index >= 15 is 0 Å². The molecule has 2 aromatic heterocycles. The third-order valence-corrected chi connectivity index (χ3v) is 3.97. The zero-order valence-electron chi connectivity index (χ0n) is 14.6. The Labute approximate surface area is 146 Å². The fourth-order valence-corrected chi connectivity index (χ4v) is 2.78. The van der Waals surface area contributed by atoms with Crippen molar-refractivity contribution in [2.24, 2.45) is 5.92 Å². The van der Waals surface area contributed by atoms with E-state index in [1.165, 1.54) is 0 Å². The summed E-state index contributed by atoms with van der Waals surface area (Å²) in [4.78, 5) is 12.8. The summed E-state index contributed by atoms with van der Waals surface area (Å²) < 4.78 is 3.58. The highest BCUT2D eigenvalue weighted by Gasteiger charge is 2.21. The summed E-state index contributed by atoms with van der Waals surface area (Å²) >= 11 is 0. The zero-order valence-corrected chi connectivity index (χ0v) is 14.6. The van der Waals surface area contributed by atoms with Gasteiger partial charge in [-0.05, 0) is 60.0 Å². The molecule has 0 aliphatic carbocycles. The Balaban J connectivity index is 1.81. The maximum absolute atomic E-state index is 12.8. The van der Waals surface area contributed by atoms with Crippen LogP contribution in [0.15, 0.2) is 48.8 Å². The molecule has 1 atom stereocenters. The number of hydrogen-bond donors (Lipinski definition) is 1. The predicted octanol–water partition coefficient (Wildman–Crippen LogP) is 3.00. The zero-order chi connectivity index (χ0) is 17.8. The van der Waals surface area contributed by atoms with Gasteiger partial charge < -0.3 is 9.88 Å². The molecule has 0 saturated heterocycles. The van der Waals surface area contributed by atoms with E-state index in [-0.39, 0.29) is 11.9 Å². The number of amides is 1. The van der Waals surface area contributed by atoms with Crippen molar-refractivity contribution in [3.8, 4) is 5.69 Å². The van der Waals surface area contributed by atoms with E-state index in [4.69, 9.17) is 0 Å². The van der Waals surface area contributed by atoms with Crippen molar-refractivity contribution in [3.63, 3.8) is 0 Å². The number of benzene rings is 1. The molecule has 0 saturated carbocycles. The van der Waals surface area contributed by atoms with Crippen molar-refractivity contribution in [1.82, 2.24) is 24.8 Å². The molecule has 25 heavy (non-hydrogen) atoms. The molecule has 3 rings (SSSR count). The van der Waals surface area contributed by atoms with Crippen molar-refractivity contribution in [1.29, 1.82) is 0 Å². The molecular weight excluding hydrogens is 316 g/mol. The van der Waals surface area contributed by atoms with Gasteiger partial charge in [0.15, 0.2) is 5.82 Å². The Kier molecular flexibility index (Phi) is 4.92. The van der Waals surface area contributed by atoms with Crippen molar-refractivity contribution in [3.05, 3.63) is 54.6 Å². The first-order valence-electron chi connectivity index (χ1n) is 8.33. The lowest BCUT2D eigenvalue weighted by Gasteiger charge is -2.20. The molecule has 0 fully saturated rings. The second kappa shape index (κ2) is 7.29. The fourth-order valence-electron chi connectivity index (χ4n) is 2.78. The molecule has 1 N–H and O–H groups in total. The summed E-state index contributed by atoms with van der Waals surface area (Å²) in [7, 11) is 0. The summed E-state index contributed by atoms with van der Waals surface area (Å²) in [6, 6.07) is 11.1. The second-order valence-corrected chi connectivity index (χ2v) is 6.45. The second-order valence-electron chi connectivity index (χ2n) is 6.45. The summed E-state index contributed by atoms with van der Waals surface area (Å²) in [6.07, 6.45) is 4.62. The van der Waals surface area contributed by atoms with Gasteiger partial charge in [-0.25, -0.2) is 0 Å². The van der Waals surface area contributed by atoms with Gasteiger partial charge in [0.1, 0.15) is 6.04 Å². The minimum atomic E-state index is -0.242. The summed E-state index contributed by atoms with van der Waals surface area (Å²) in [5.41, 5.74) is 1.53. The standard InChI is InChI=1S/C18H22N6O/c1-13(2)11-17(23-9-4-5-10-23)18(25)19-15-7-6-8-16(12-15)24-14(3)20-21-22-24/h4-10,12-13,17H,11H2,1-3H3,(H,19,25). The van der Waals surface area contributed by atoms with Gasteiger partial charge in [-0.15, -0.1) is 5.10 Å². The number of carbonyl (C=O) groups excluding carboxylic acids is 1. The van der Waals surface area contributed by atoms with Crippen LogP contribution in [0.3, 0.4) is 0 Å². The topological polar surface area (TPSA) is 77.6 Å². The molecule has 2 heterocycles. The SMILES string of the molecule is Cc1nnnn1-c1cccc(NC(=O)C(CC(C)C)n2cccc2)c1. The molecule has 7 heteroatoms. The third kappa shape index (κ3) is 3.93. The molecule has 1 aromatic carbocycles. The quantitative estimate of drug-likeness (QED) is 0.749. The molecule has 0 bridgehead atoms. The molecule has 7 nitrogen and oxygen atoms in total. The highest BCUT2D eigenvalue weighted by molar-refractivity contribution is 5.94. The third-order valence-electron chi connectivity index (χ3n) is 3.97. The molecule has 1 unspecified atom stereocenters. The van der Waals surface area contributed by atoms with Crippen LogP contribution in [0.4, 0.5) is 5.69 Å². The predicted molar refractivity (Wildman–Crippen MR) is 95.4 cm³/mol. The number of carbonyl (C=O) groups is 1. The van der Waals surface area contributed by atoms with Crippen LogP contribution >= 0.6 is 0 Å². The summed E-state index contributed by atoms with van der Waals surface area (Å²) in [5, 5.41) is 14.5. The van der Waals surface area contributed by atoms with E-state index in [1.807, 2.05) is 60.3 Å². The van der Waals surface area contributed by atoms with Gasteiger partial charge in [-0.3, -0.25) is 4.79 Å². The highest BCUT2D eigenvalue weighted by atomic mass is 16.2. The lowest BCUT2D eigenvalue weighted by molar-refractivity contribution is -0.119. The van der Waals surface area contributed by atoms with Gasteiger partial charge in [0.05, 0.1) is 5.69 Å². The monoisotopic (exact) mass is 338 g/mol. The number of anilines is 1. The van der Waals surface area contributed by atoms with Crippen LogP contribution in [0.5, 0.6) is 0 Å². The Hall–Kier alpha value is -2.96. The molecule has 0 aliphatic heterocycles. The van der Waals surface area contributed by atoms with Crippen LogP contribution in [0.1, 0.15) is 32.1 Å². The van der Waals surface area contributed by atoms with E-state index in [2.05, 4.69) is 34.7 Å². The minimum Gasteiger partial charge on any atom is -0.342 e. The molecule has 0 spiro atoms. The number of hydrogen-bond acceptors (Lipinski definition) is 4. The van der Waals surface area contributed by atoms with Gasteiger partial charge in [-0.1, -0.05) is 19.9 Å². The average molecular weight is 338 g/mol. The normalized spacial score (nSPS) is 12.3. The Bertz CT molecular complexity index is 837. The molecule has 1 amide bonds. The van der Waals surface area contributed by atoms with E-state index < -0.39 is 0 Å². The van der Waals surface area contributed by atoms with Gasteiger partial charge in [-0.2, -0.15) is 4.68 Å². The Morgan fingerprint density at radius 3 is 2.60 bits per heavy atom. The fraction of sp³-hybridized carbons (Fsp3) is 0.333. The van der Waals surface area contributed by atoms with Crippen molar-refractivity contribution in [2.45, 2.75) is 33.2 Å². The summed E-state index contributed by atoms with van der Waals surface area (Å²) in [6.45, 7) is 6.06. The first-order valence-corrected chi connectivity index (χ1v) is 8.33. The van der Waals surface area contributed by atoms with Gasteiger partial charge in [0.2, 0.25) is 5.91 Å².